The second-order valence-electron chi connectivity index (χ2n) is 3.57. The predicted octanol–water partition coefficient (Wildman–Crippen LogP) is 2.78. The van der Waals surface area contributed by atoms with Gasteiger partial charge >= 0.3 is 0 Å². The maximum Gasteiger partial charge on any atom is 0.253 e. The molecule has 0 bridgehead atoms. The summed E-state index contributed by atoms with van der Waals surface area (Å²) in [7, 11) is 1.65. The minimum absolute atomic E-state index is 0.0421. The van der Waals surface area contributed by atoms with Gasteiger partial charge in [-0.2, -0.15) is 0 Å². The number of benzene rings is 1. The summed E-state index contributed by atoms with van der Waals surface area (Å²) in [5, 5.41) is 3.65. The van der Waals surface area contributed by atoms with Crippen LogP contribution in [0.5, 0.6) is 0 Å². The molecule has 0 saturated heterocycles. The maximum atomic E-state index is 11.7. The lowest BCUT2D eigenvalue weighted by molar-refractivity contribution is 0.0964. The molecular formula is C12H13BrN2O. The molecule has 0 spiro atoms. The number of hydrogen-bond acceptors (Lipinski definition) is 1. The molecule has 0 atom stereocenters. The SMILES string of the molecule is CCn1cc(C(=O)NC)c2ccc(Br)cc21. The lowest BCUT2D eigenvalue weighted by atomic mass is 10.1. The number of aromatic nitrogens is 1. The highest BCUT2D eigenvalue weighted by atomic mass is 79.9. The minimum Gasteiger partial charge on any atom is -0.355 e. The van der Waals surface area contributed by atoms with E-state index in [2.05, 4.69) is 32.7 Å². The maximum absolute atomic E-state index is 11.7. The summed E-state index contributed by atoms with van der Waals surface area (Å²) in [6, 6.07) is 5.95. The van der Waals surface area contributed by atoms with Gasteiger partial charge in [-0.1, -0.05) is 22.0 Å². The molecule has 0 saturated carbocycles. The molecule has 1 amide bonds. The molecule has 0 radical (unpaired) electrons. The fraction of sp³-hybridized carbons (Fsp3) is 0.250. The van der Waals surface area contributed by atoms with E-state index >= 15 is 0 Å². The molecule has 0 fully saturated rings. The number of fused-ring (bicyclic) bond motifs is 1. The average Bonchev–Trinajstić information content (AvgIpc) is 2.66. The minimum atomic E-state index is -0.0421. The lowest BCUT2D eigenvalue weighted by Gasteiger charge is -1.99. The van der Waals surface area contributed by atoms with Crippen LogP contribution < -0.4 is 5.32 Å². The Hall–Kier alpha value is -1.29. The number of hydrogen-bond donors (Lipinski definition) is 1. The van der Waals surface area contributed by atoms with Gasteiger partial charge in [-0.05, 0) is 19.1 Å². The number of nitrogens with zero attached hydrogens (tertiary/aromatic N) is 1. The molecule has 1 N–H and O–H groups in total. The van der Waals surface area contributed by atoms with E-state index < -0.39 is 0 Å². The highest BCUT2D eigenvalue weighted by molar-refractivity contribution is 9.10. The molecule has 0 aliphatic carbocycles. The zero-order valence-electron chi connectivity index (χ0n) is 9.25. The van der Waals surface area contributed by atoms with Crippen molar-refractivity contribution in [2.45, 2.75) is 13.5 Å². The van der Waals surface area contributed by atoms with Crippen LogP contribution in [-0.2, 0) is 6.54 Å². The average molecular weight is 281 g/mol. The van der Waals surface area contributed by atoms with Gasteiger partial charge in [0.2, 0.25) is 0 Å². The molecule has 2 rings (SSSR count). The van der Waals surface area contributed by atoms with Crippen molar-refractivity contribution in [2.24, 2.45) is 0 Å². The first-order valence-electron chi connectivity index (χ1n) is 5.17. The van der Waals surface area contributed by atoms with Crippen LogP contribution in [0.2, 0.25) is 0 Å². The quantitative estimate of drug-likeness (QED) is 0.902. The molecular weight excluding hydrogens is 268 g/mol. The molecule has 0 unspecified atom stereocenters. The number of carbonyl (C=O) groups is 1. The predicted molar refractivity (Wildman–Crippen MR) is 68.7 cm³/mol. The van der Waals surface area contributed by atoms with E-state index in [-0.39, 0.29) is 5.91 Å². The first-order valence-corrected chi connectivity index (χ1v) is 5.97. The van der Waals surface area contributed by atoms with Crippen LogP contribution in [0.3, 0.4) is 0 Å². The van der Waals surface area contributed by atoms with Crippen LogP contribution in [0.25, 0.3) is 10.9 Å². The normalized spacial score (nSPS) is 10.7. The van der Waals surface area contributed by atoms with E-state index in [1.54, 1.807) is 7.05 Å². The van der Waals surface area contributed by atoms with Crippen LogP contribution in [0, 0.1) is 0 Å². The zero-order valence-corrected chi connectivity index (χ0v) is 10.8. The Morgan fingerprint density at radius 1 is 1.50 bits per heavy atom. The van der Waals surface area contributed by atoms with E-state index in [1.165, 1.54) is 0 Å². The van der Waals surface area contributed by atoms with Gasteiger partial charge in [0.05, 0.1) is 5.56 Å². The van der Waals surface area contributed by atoms with Crippen LogP contribution in [0.15, 0.2) is 28.9 Å². The summed E-state index contributed by atoms with van der Waals surface area (Å²) in [6.45, 7) is 2.91. The van der Waals surface area contributed by atoms with E-state index in [0.717, 1.165) is 27.5 Å². The standard InChI is InChI=1S/C12H13BrN2O/c1-3-15-7-10(12(16)14-2)9-5-4-8(13)6-11(9)15/h4-7H,3H2,1-2H3,(H,14,16). The van der Waals surface area contributed by atoms with Crippen molar-refractivity contribution in [2.75, 3.05) is 7.05 Å². The van der Waals surface area contributed by atoms with Gasteiger partial charge in [-0.25, -0.2) is 0 Å². The summed E-state index contributed by atoms with van der Waals surface area (Å²) >= 11 is 3.45. The summed E-state index contributed by atoms with van der Waals surface area (Å²) in [5.74, 6) is -0.0421. The second kappa shape index (κ2) is 4.29. The van der Waals surface area contributed by atoms with Crippen molar-refractivity contribution >= 4 is 32.7 Å². The Morgan fingerprint density at radius 3 is 2.88 bits per heavy atom. The number of amides is 1. The fourth-order valence-electron chi connectivity index (χ4n) is 1.84. The third-order valence-corrected chi connectivity index (χ3v) is 3.15. The molecule has 1 heterocycles. The highest BCUT2D eigenvalue weighted by Crippen LogP contribution is 2.25. The number of aryl methyl sites for hydroxylation is 1. The van der Waals surface area contributed by atoms with E-state index in [9.17, 15) is 4.79 Å². The van der Waals surface area contributed by atoms with Crippen molar-refractivity contribution in [3.8, 4) is 0 Å². The van der Waals surface area contributed by atoms with Crippen LogP contribution >= 0.6 is 15.9 Å². The molecule has 1 aromatic carbocycles. The topological polar surface area (TPSA) is 34.0 Å². The number of nitrogens with one attached hydrogen (secondary N) is 1. The summed E-state index contributed by atoms with van der Waals surface area (Å²) in [6.07, 6.45) is 1.90. The number of halogens is 1. The van der Waals surface area contributed by atoms with Gasteiger partial charge < -0.3 is 9.88 Å². The Labute approximate surface area is 103 Å². The van der Waals surface area contributed by atoms with Crippen LogP contribution in [0.1, 0.15) is 17.3 Å². The Kier molecular flexibility index (Phi) is 3.01. The van der Waals surface area contributed by atoms with E-state index in [1.807, 2.05) is 24.4 Å². The van der Waals surface area contributed by atoms with Crippen molar-refractivity contribution in [3.63, 3.8) is 0 Å². The first kappa shape index (κ1) is 11.2. The third kappa shape index (κ3) is 1.73. The largest absolute Gasteiger partial charge is 0.355 e. The fourth-order valence-corrected chi connectivity index (χ4v) is 2.19. The van der Waals surface area contributed by atoms with Gasteiger partial charge in [0.25, 0.3) is 5.91 Å². The Morgan fingerprint density at radius 2 is 2.25 bits per heavy atom. The second-order valence-corrected chi connectivity index (χ2v) is 4.49. The monoisotopic (exact) mass is 280 g/mol. The van der Waals surface area contributed by atoms with Crippen molar-refractivity contribution in [3.05, 3.63) is 34.4 Å². The highest BCUT2D eigenvalue weighted by Gasteiger charge is 2.13. The molecule has 16 heavy (non-hydrogen) atoms. The van der Waals surface area contributed by atoms with Gasteiger partial charge in [0.1, 0.15) is 0 Å². The van der Waals surface area contributed by atoms with Gasteiger partial charge in [-0.3, -0.25) is 4.79 Å². The number of rotatable bonds is 2. The molecule has 0 aliphatic rings. The Bertz CT molecular complexity index is 545. The molecule has 84 valence electrons. The van der Waals surface area contributed by atoms with Crippen molar-refractivity contribution in [1.29, 1.82) is 0 Å². The summed E-state index contributed by atoms with van der Waals surface area (Å²) in [4.78, 5) is 11.7. The van der Waals surface area contributed by atoms with E-state index in [0.29, 0.717) is 0 Å². The zero-order chi connectivity index (χ0) is 11.7. The molecule has 1 aromatic heterocycles. The van der Waals surface area contributed by atoms with Gasteiger partial charge in [-0.15, -0.1) is 0 Å². The van der Waals surface area contributed by atoms with Gasteiger partial charge in [0.15, 0.2) is 0 Å². The molecule has 2 aromatic rings. The smallest absolute Gasteiger partial charge is 0.253 e. The van der Waals surface area contributed by atoms with Crippen molar-refractivity contribution < 1.29 is 4.79 Å². The lowest BCUT2D eigenvalue weighted by Crippen LogP contribution is -2.17. The van der Waals surface area contributed by atoms with Crippen LogP contribution in [-0.4, -0.2) is 17.5 Å². The van der Waals surface area contributed by atoms with Gasteiger partial charge in [0, 0.05) is 35.2 Å². The van der Waals surface area contributed by atoms with E-state index in [4.69, 9.17) is 0 Å². The number of carbonyl (C=O) groups excluding carboxylic acids is 1. The first-order chi connectivity index (χ1) is 7.67. The third-order valence-electron chi connectivity index (χ3n) is 2.66. The van der Waals surface area contributed by atoms with Crippen molar-refractivity contribution in [1.82, 2.24) is 9.88 Å². The Balaban J connectivity index is 2.72. The molecule has 0 aliphatic heterocycles. The summed E-state index contributed by atoms with van der Waals surface area (Å²) in [5.41, 5.74) is 1.81. The molecule has 4 heteroatoms. The summed E-state index contributed by atoms with van der Waals surface area (Å²) < 4.78 is 3.10. The molecule has 3 nitrogen and oxygen atoms in total. The van der Waals surface area contributed by atoms with Crippen LogP contribution in [0.4, 0.5) is 0 Å².